The number of aryl methyl sites for hydroxylation is 2. The molecule has 1 aromatic rings. The van der Waals surface area contributed by atoms with Crippen LogP contribution in [0.15, 0.2) is 23.1 Å². The second-order valence-corrected chi connectivity index (χ2v) is 6.40. The first-order chi connectivity index (χ1) is 8.17. The molecule has 0 radical (unpaired) electrons. The maximum Gasteiger partial charge on any atom is 0.243 e. The summed E-state index contributed by atoms with van der Waals surface area (Å²) in [5.74, 6) is -0.176. The molecule has 1 unspecified atom stereocenters. The van der Waals surface area contributed by atoms with E-state index in [4.69, 9.17) is 11.1 Å². The minimum absolute atomic E-state index is 0.176. The first kappa shape index (κ1) is 14.7. The molecule has 0 spiro atoms. The molecule has 0 saturated carbocycles. The zero-order valence-corrected chi connectivity index (χ0v) is 11.9. The van der Waals surface area contributed by atoms with E-state index in [1.54, 1.807) is 25.1 Å². The Morgan fingerprint density at radius 1 is 1.33 bits per heavy atom. The molecule has 0 aromatic heterocycles. The van der Waals surface area contributed by atoms with Gasteiger partial charge in [-0.05, 0) is 44.0 Å². The SMILES string of the molecule is Cc1ccc(S(=O)(=O)N(C)C(C)C(=N)N)cc1C. The molecule has 1 rings (SSSR count). The van der Waals surface area contributed by atoms with Gasteiger partial charge in [-0.1, -0.05) is 6.07 Å². The Morgan fingerprint density at radius 3 is 2.33 bits per heavy atom. The molecule has 0 fully saturated rings. The van der Waals surface area contributed by atoms with Crippen LogP contribution in [0.3, 0.4) is 0 Å². The molecule has 0 aliphatic rings. The van der Waals surface area contributed by atoms with Crippen molar-refractivity contribution in [2.45, 2.75) is 31.7 Å². The molecule has 0 aliphatic heterocycles. The summed E-state index contributed by atoms with van der Waals surface area (Å²) >= 11 is 0. The van der Waals surface area contributed by atoms with Crippen molar-refractivity contribution in [2.24, 2.45) is 5.73 Å². The highest BCUT2D eigenvalue weighted by Gasteiger charge is 2.26. The van der Waals surface area contributed by atoms with Gasteiger partial charge < -0.3 is 5.73 Å². The van der Waals surface area contributed by atoms with Crippen LogP contribution >= 0.6 is 0 Å². The van der Waals surface area contributed by atoms with Crippen LogP contribution in [-0.4, -0.2) is 31.6 Å². The maximum absolute atomic E-state index is 12.3. The largest absolute Gasteiger partial charge is 0.386 e. The fourth-order valence-electron chi connectivity index (χ4n) is 1.44. The van der Waals surface area contributed by atoms with Gasteiger partial charge in [-0.15, -0.1) is 0 Å². The van der Waals surface area contributed by atoms with Crippen molar-refractivity contribution in [3.05, 3.63) is 29.3 Å². The average Bonchev–Trinajstić information content (AvgIpc) is 2.30. The van der Waals surface area contributed by atoms with E-state index < -0.39 is 16.1 Å². The number of hydrogen-bond donors (Lipinski definition) is 2. The van der Waals surface area contributed by atoms with Crippen molar-refractivity contribution < 1.29 is 8.42 Å². The fourth-order valence-corrected chi connectivity index (χ4v) is 2.87. The highest BCUT2D eigenvalue weighted by Crippen LogP contribution is 2.19. The number of sulfonamides is 1. The van der Waals surface area contributed by atoms with Crippen LogP contribution in [0.2, 0.25) is 0 Å². The van der Waals surface area contributed by atoms with Gasteiger partial charge in [-0.3, -0.25) is 5.41 Å². The third kappa shape index (κ3) is 2.70. The zero-order valence-electron chi connectivity index (χ0n) is 11.1. The summed E-state index contributed by atoms with van der Waals surface area (Å²) in [5, 5.41) is 7.32. The predicted octanol–water partition coefficient (Wildman–Crippen LogP) is 1.25. The minimum Gasteiger partial charge on any atom is -0.386 e. The van der Waals surface area contributed by atoms with E-state index in [1.807, 2.05) is 13.8 Å². The van der Waals surface area contributed by atoms with Gasteiger partial charge in [-0.25, -0.2) is 8.42 Å². The summed E-state index contributed by atoms with van der Waals surface area (Å²) < 4.78 is 25.7. The second-order valence-electron chi connectivity index (χ2n) is 4.40. The van der Waals surface area contributed by atoms with E-state index >= 15 is 0 Å². The smallest absolute Gasteiger partial charge is 0.243 e. The molecule has 1 aromatic carbocycles. The molecule has 18 heavy (non-hydrogen) atoms. The van der Waals surface area contributed by atoms with Crippen molar-refractivity contribution in [3.8, 4) is 0 Å². The molecule has 0 bridgehead atoms. The van der Waals surface area contributed by atoms with Crippen LogP contribution < -0.4 is 5.73 Å². The summed E-state index contributed by atoms with van der Waals surface area (Å²) in [4.78, 5) is 0.223. The van der Waals surface area contributed by atoms with Crippen molar-refractivity contribution in [1.82, 2.24) is 4.31 Å². The van der Waals surface area contributed by atoms with Crippen LogP contribution in [0.25, 0.3) is 0 Å². The van der Waals surface area contributed by atoms with Gasteiger partial charge in [0.25, 0.3) is 0 Å². The molecule has 0 amide bonds. The number of rotatable bonds is 4. The topological polar surface area (TPSA) is 87.2 Å². The van der Waals surface area contributed by atoms with Crippen LogP contribution in [0.5, 0.6) is 0 Å². The van der Waals surface area contributed by atoms with Gasteiger partial charge in [0.05, 0.1) is 10.9 Å². The Bertz CT molecular complexity index is 567. The summed E-state index contributed by atoms with van der Waals surface area (Å²) in [6.45, 7) is 5.37. The monoisotopic (exact) mass is 269 g/mol. The molecular formula is C12H19N3O2S. The summed E-state index contributed by atoms with van der Waals surface area (Å²) in [5.41, 5.74) is 7.30. The molecule has 3 N–H and O–H groups in total. The lowest BCUT2D eigenvalue weighted by molar-refractivity contribution is 0.448. The molecule has 0 heterocycles. The lowest BCUT2D eigenvalue weighted by Gasteiger charge is -2.23. The molecule has 0 aliphatic carbocycles. The van der Waals surface area contributed by atoms with Gasteiger partial charge in [0.2, 0.25) is 10.0 Å². The quantitative estimate of drug-likeness (QED) is 0.637. The molecule has 5 nitrogen and oxygen atoms in total. The van der Waals surface area contributed by atoms with E-state index in [2.05, 4.69) is 0 Å². The number of benzene rings is 1. The molecule has 1 atom stereocenters. The molecular weight excluding hydrogens is 250 g/mol. The Hall–Kier alpha value is -1.40. The third-order valence-corrected chi connectivity index (χ3v) is 5.08. The Morgan fingerprint density at radius 2 is 1.89 bits per heavy atom. The van der Waals surface area contributed by atoms with Crippen molar-refractivity contribution in [2.75, 3.05) is 7.05 Å². The highest BCUT2D eigenvalue weighted by atomic mass is 32.2. The summed E-state index contributed by atoms with van der Waals surface area (Å²) in [7, 11) is -2.18. The number of likely N-dealkylation sites (N-methyl/N-ethyl adjacent to an activating group) is 1. The van der Waals surface area contributed by atoms with E-state index in [-0.39, 0.29) is 10.7 Å². The lowest BCUT2D eigenvalue weighted by Crippen LogP contribution is -2.43. The Kier molecular flexibility index (Phi) is 4.13. The average molecular weight is 269 g/mol. The highest BCUT2D eigenvalue weighted by molar-refractivity contribution is 7.89. The van der Waals surface area contributed by atoms with Crippen molar-refractivity contribution >= 4 is 15.9 Å². The van der Waals surface area contributed by atoms with E-state index in [1.165, 1.54) is 7.05 Å². The standard InChI is InChI=1S/C12H19N3O2S/c1-8-5-6-11(7-9(8)2)18(16,17)15(4)10(3)12(13)14/h5-7,10H,1-4H3,(H3,13,14). The van der Waals surface area contributed by atoms with Gasteiger partial charge >= 0.3 is 0 Å². The fraction of sp³-hybridized carbons (Fsp3) is 0.417. The van der Waals surface area contributed by atoms with Crippen molar-refractivity contribution in [3.63, 3.8) is 0 Å². The summed E-state index contributed by atoms with van der Waals surface area (Å²) in [6.07, 6.45) is 0. The zero-order chi connectivity index (χ0) is 14.1. The van der Waals surface area contributed by atoms with E-state index in [9.17, 15) is 8.42 Å². The predicted molar refractivity (Wildman–Crippen MR) is 72.2 cm³/mol. The van der Waals surface area contributed by atoms with Crippen LogP contribution in [-0.2, 0) is 10.0 Å². The van der Waals surface area contributed by atoms with Crippen LogP contribution in [0, 0.1) is 19.3 Å². The molecule has 100 valence electrons. The van der Waals surface area contributed by atoms with Gasteiger partial charge in [0.1, 0.15) is 5.84 Å². The first-order valence-corrected chi connectivity index (χ1v) is 7.01. The number of nitrogens with one attached hydrogen (secondary N) is 1. The second kappa shape index (κ2) is 5.07. The van der Waals surface area contributed by atoms with E-state index in [0.29, 0.717) is 0 Å². The van der Waals surface area contributed by atoms with Gasteiger partial charge in [-0.2, -0.15) is 4.31 Å². The Balaban J connectivity index is 3.21. The van der Waals surface area contributed by atoms with Crippen LogP contribution in [0.1, 0.15) is 18.1 Å². The number of hydrogen-bond acceptors (Lipinski definition) is 3. The number of nitrogens with zero attached hydrogens (tertiary/aromatic N) is 1. The van der Waals surface area contributed by atoms with Gasteiger partial charge in [0.15, 0.2) is 0 Å². The number of amidine groups is 1. The normalized spacial score (nSPS) is 13.6. The molecule has 6 heteroatoms. The first-order valence-electron chi connectivity index (χ1n) is 5.57. The van der Waals surface area contributed by atoms with Crippen LogP contribution in [0.4, 0.5) is 0 Å². The number of nitrogens with two attached hydrogens (primary N) is 1. The summed E-state index contributed by atoms with van der Waals surface area (Å²) in [6, 6.07) is 4.32. The third-order valence-electron chi connectivity index (χ3n) is 3.15. The van der Waals surface area contributed by atoms with Crippen molar-refractivity contribution in [1.29, 1.82) is 5.41 Å². The Labute approximate surface area is 108 Å². The van der Waals surface area contributed by atoms with Gasteiger partial charge in [0, 0.05) is 7.05 Å². The molecule has 0 saturated heterocycles. The maximum atomic E-state index is 12.3. The minimum atomic E-state index is -3.61. The lowest BCUT2D eigenvalue weighted by atomic mass is 10.1. The van der Waals surface area contributed by atoms with E-state index in [0.717, 1.165) is 15.4 Å².